The maximum absolute atomic E-state index is 4.49. The molecule has 2 aliphatic heterocycles. The summed E-state index contributed by atoms with van der Waals surface area (Å²) < 4.78 is 0. The molecule has 136 valence electrons. The maximum Gasteiger partial charge on any atom is 0.151 e. The molecule has 5 nitrogen and oxygen atoms in total. The molecular formula is C22H23N5. The highest BCUT2D eigenvalue weighted by molar-refractivity contribution is 5.59. The van der Waals surface area contributed by atoms with E-state index in [0.29, 0.717) is 0 Å². The predicted octanol–water partition coefficient (Wildman–Crippen LogP) is 3.11. The van der Waals surface area contributed by atoms with Crippen molar-refractivity contribution in [1.82, 2.24) is 20.1 Å². The highest BCUT2D eigenvalue weighted by atomic mass is 15.3. The van der Waals surface area contributed by atoms with Gasteiger partial charge in [-0.05, 0) is 41.7 Å². The Bertz CT molecular complexity index is 868. The van der Waals surface area contributed by atoms with Gasteiger partial charge in [-0.1, -0.05) is 30.3 Å². The number of anilines is 1. The molecule has 5 heteroatoms. The monoisotopic (exact) mass is 357 g/mol. The number of aromatic nitrogens is 3. The molecule has 0 spiro atoms. The average molecular weight is 357 g/mol. The first kappa shape index (κ1) is 16.4. The van der Waals surface area contributed by atoms with Crippen molar-refractivity contribution in [2.24, 2.45) is 11.8 Å². The Labute approximate surface area is 159 Å². The van der Waals surface area contributed by atoms with E-state index in [1.54, 1.807) is 12.4 Å². The van der Waals surface area contributed by atoms with Crippen LogP contribution in [0.1, 0.15) is 5.56 Å². The second-order valence-electron chi connectivity index (χ2n) is 7.62. The molecule has 0 saturated carbocycles. The van der Waals surface area contributed by atoms with Gasteiger partial charge in [-0.25, -0.2) is 0 Å². The van der Waals surface area contributed by atoms with Gasteiger partial charge in [0.25, 0.3) is 0 Å². The summed E-state index contributed by atoms with van der Waals surface area (Å²) in [6.45, 7) is 5.59. The van der Waals surface area contributed by atoms with Crippen molar-refractivity contribution in [3.05, 3.63) is 72.6 Å². The third-order valence-corrected chi connectivity index (χ3v) is 5.76. The Kier molecular flexibility index (Phi) is 4.30. The van der Waals surface area contributed by atoms with Crippen LogP contribution < -0.4 is 4.90 Å². The van der Waals surface area contributed by atoms with Gasteiger partial charge in [-0.15, -0.1) is 10.2 Å². The third-order valence-electron chi connectivity index (χ3n) is 5.76. The highest BCUT2D eigenvalue weighted by Gasteiger charge is 2.40. The van der Waals surface area contributed by atoms with E-state index in [4.69, 9.17) is 0 Å². The first-order valence-electron chi connectivity index (χ1n) is 9.60. The topological polar surface area (TPSA) is 45.2 Å². The number of benzene rings is 1. The van der Waals surface area contributed by atoms with E-state index < -0.39 is 0 Å². The van der Waals surface area contributed by atoms with Crippen LogP contribution in [0.15, 0.2) is 67.0 Å². The van der Waals surface area contributed by atoms with Crippen LogP contribution in [0.4, 0.5) is 5.82 Å². The molecule has 2 aromatic heterocycles. The van der Waals surface area contributed by atoms with Crippen LogP contribution in [0.5, 0.6) is 0 Å². The molecule has 3 aromatic rings. The number of likely N-dealkylation sites (tertiary alicyclic amines) is 1. The van der Waals surface area contributed by atoms with Gasteiger partial charge >= 0.3 is 0 Å². The van der Waals surface area contributed by atoms with Crippen molar-refractivity contribution < 1.29 is 0 Å². The first-order valence-corrected chi connectivity index (χ1v) is 9.60. The van der Waals surface area contributed by atoms with Gasteiger partial charge < -0.3 is 4.90 Å². The van der Waals surface area contributed by atoms with Crippen LogP contribution in [0.3, 0.4) is 0 Å². The molecule has 0 amide bonds. The highest BCUT2D eigenvalue weighted by Crippen LogP contribution is 2.34. The van der Waals surface area contributed by atoms with Crippen LogP contribution >= 0.6 is 0 Å². The van der Waals surface area contributed by atoms with Gasteiger partial charge in [0.1, 0.15) is 0 Å². The number of fused-ring (bicyclic) bond motifs is 1. The zero-order chi connectivity index (χ0) is 18.1. The lowest BCUT2D eigenvalue weighted by molar-refractivity contribution is 0.309. The smallest absolute Gasteiger partial charge is 0.151 e. The minimum absolute atomic E-state index is 0.732. The second-order valence-corrected chi connectivity index (χ2v) is 7.62. The van der Waals surface area contributed by atoms with Gasteiger partial charge in [-0.3, -0.25) is 9.88 Å². The Morgan fingerprint density at radius 2 is 1.52 bits per heavy atom. The summed E-state index contributed by atoms with van der Waals surface area (Å²) >= 11 is 0. The standard InChI is InChI=1S/C22H23N5/c1-2-4-17(5-3-1)12-26-13-19-15-27(16-20(19)14-26)22-7-6-21(24-25-22)18-8-10-23-11-9-18/h1-11,19-20H,12-16H2. The molecule has 0 N–H and O–H groups in total. The molecule has 2 saturated heterocycles. The lowest BCUT2D eigenvalue weighted by Gasteiger charge is -2.22. The lowest BCUT2D eigenvalue weighted by atomic mass is 10.0. The summed E-state index contributed by atoms with van der Waals surface area (Å²) in [5, 5.41) is 8.92. The molecule has 2 fully saturated rings. The number of hydrogen-bond acceptors (Lipinski definition) is 5. The van der Waals surface area contributed by atoms with E-state index in [0.717, 1.165) is 48.5 Å². The molecule has 5 rings (SSSR count). The molecule has 1 aromatic carbocycles. The second kappa shape index (κ2) is 7.08. The van der Waals surface area contributed by atoms with E-state index >= 15 is 0 Å². The quantitative estimate of drug-likeness (QED) is 0.718. The summed E-state index contributed by atoms with van der Waals surface area (Å²) in [6, 6.07) is 18.9. The Morgan fingerprint density at radius 3 is 2.19 bits per heavy atom. The van der Waals surface area contributed by atoms with Crippen molar-refractivity contribution in [2.75, 3.05) is 31.1 Å². The minimum Gasteiger partial charge on any atom is -0.354 e. The molecule has 0 aliphatic carbocycles. The van der Waals surface area contributed by atoms with Crippen molar-refractivity contribution in [3.63, 3.8) is 0 Å². The summed E-state index contributed by atoms with van der Waals surface area (Å²) in [5.41, 5.74) is 3.36. The van der Waals surface area contributed by atoms with Gasteiger partial charge in [-0.2, -0.15) is 0 Å². The van der Waals surface area contributed by atoms with E-state index in [1.165, 1.54) is 18.7 Å². The fourth-order valence-corrected chi connectivity index (χ4v) is 4.42. The first-order chi connectivity index (χ1) is 13.3. The number of rotatable bonds is 4. The van der Waals surface area contributed by atoms with Gasteiger partial charge in [0.05, 0.1) is 5.69 Å². The summed E-state index contributed by atoms with van der Waals surface area (Å²) in [6.07, 6.45) is 3.57. The lowest BCUT2D eigenvalue weighted by Crippen LogP contribution is -2.29. The van der Waals surface area contributed by atoms with Gasteiger partial charge in [0, 0.05) is 50.7 Å². The largest absolute Gasteiger partial charge is 0.354 e. The summed E-state index contributed by atoms with van der Waals surface area (Å²) in [7, 11) is 0. The van der Waals surface area contributed by atoms with Crippen molar-refractivity contribution in [2.45, 2.75) is 6.54 Å². The van der Waals surface area contributed by atoms with Gasteiger partial charge in [0.2, 0.25) is 0 Å². The van der Waals surface area contributed by atoms with Crippen molar-refractivity contribution >= 4 is 5.82 Å². The molecule has 0 bridgehead atoms. The predicted molar refractivity (Wildman–Crippen MR) is 106 cm³/mol. The zero-order valence-corrected chi connectivity index (χ0v) is 15.3. The van der Waals surface area contributed by atoms with Crippen LogP contribution in [0.25, 0.3) is 11.3 Å². The molecule has 2 aliphatic rings. The zero-order valence-electron chi connectivity index (χ0n) is 15.3. The van der Waals surface area contributed by atoms with Crippen molar-refractivity contribution in [3.8, 4) is 11.3 Å². The molecule has 2 atom stereocenters. The number of pyridine rings is 1. The van der Waals surface area contributed by atoms with E-state index in [-0.39, 0.29) is 0 Å². The van der Waals surface area contributed by atoms with Crippen molar-refractivity contribution in [1.29, 1.82) is 0 Å². The molecule has 0 radical (unpaired) electrons. The van der Waals surface area contributed by atoms with E-state index in [2.05, 4.69) is 67.4 Å². The maximum atomic E-state index is 4.49. The Hall–Kier alpha value is -2.79. The number of nitrogens with zero attached hydrogens (tertiary/aromatic N) is 5. The van der Waals surface area contributed by atoms with Crippen LogP contribution in [-0.4, -0.2) is 46.3 Å². The van der Waals surface area contributed by atoms with Gasteiger partial charge in [0.15, 0.2) is 5.82 Å². The fourth-order valence-electron chi connectivity index (χ4n) is 4.42. The normalized spacial score (nSPS) is 22.1. The third kappa shape index (κ3) is 3.43. The minimum atomic E-state index is 0.732. The molecule has 4 heterocycles. The van der Waals surface area contributed by atoms with Crippen LogP contribution in [0, 0.1) is 11.8 Å². The fraction of sp³-hybridized carbons (Fsp3) is 0.318. The summed E-state index contributed by atoms with van der Waals surface area (Å²) in [4.78, 5) is 9.05. The SMILES string of the molecule is c1ccc(CN2CC3CN(c4ccc(-c5ccncc5)nn4)CC3C2)cc1. The average Bonchev–Trinajstić information content (AvgIpc) is 3.28. The molecule has 27 heavy (non-hydrogen) atoms. The van der Waals surface area contributed by atoms with E-state index in [9.17, 15) is 0 Å². The number of hydrogen-bond donors (Lipinski definition) is 0. The summed E-state index contributed by atoms with van der Waals surface area (Å²) in [5.74, 6) is 2.46. The van der Waals surface area contributed by atoms with E-state index in [1.807, 2.05) is 12.1 Å². The van der Waals surface area contributed by atoms with Crippen LogP contribution in [0.2, 0.25) is 0 Å². The molecular weight excluding hydrogens is 334 g/mol. The Morgan fingerprint density at radius 1 is 0.778 bits per heavy atom. The molecule has 2 unspecified atom stereocenters. The van der Waals surface area contributed by atoms with Crippen LogP contribution in [-0.2, 0) is 6.54 Å². The Balaban J connectivity index is 1.21.